The molecule has 7 heteroatoms. The Morgan fingerprint density at radius 1 is 1.04 bits per heavy atom. The van der Waals surface area contributed by atoms with E-state index >= 15 is 0 Å². The van der Waals surface area contributed by atoms with Gasteiger partial charge in [0.1, 0.15) is 0 Å². The molecule has 0 aromatic heterocycles. The van der Waals surface area contributed by atoms with Crippen LogP contribution in [-0.4, -0.2) is 18.2 Å². The van der Waals surface area contributed by atoms with Crippen LogP contribution in [0.4, 0.5) is 0 Å². The van der Waals surface area contributed by atoms with E-state index in [1.54, 1.807) is 36.0 Å². The zero-order valence-corrected chi connectivity index (χ0v) is 16.9. The molecule has 0 aliphatic rings. The smallest absolute Gasteiger partial charge is 0.244 e. The third kappa shape index (κ3) is 6.76. The lowest BCUT2D eigenvalue weighted by atomic mass is 10.2. The van der Waals surface area contributed by atoms with Crippen molar-refractivity contribution in [1.29, 1.82) is 0 Å². The average molecular weight is 435 g/mol. The van der Waals surface area contributed by atoms with Crippen LogP contribution < -0.4 is 5.32 Å². The van der Waals surface area contributed by atoms with E-state index in [-0.39, 0.29) is 5.91 Å². The standard InChI is InChI=1S/C18H15Cl4NOS/c19-13-6-4-12(17(22)10-13)5-7-18(24)23-8-9-25-11-14-15(20)2-1-3-16(14)21/h1-7,10H,8-9,11H2,(H,23,24). The van der Waals surface area contributed by atoms with Gasteiger partial charge in [0.15, 0.2) is 0 Å². The van der Waals surface area contributed by atoms with E-state index in [9.17, 15) is 4.79 Å². The Balaban J connectivity index is 1.73. The monoisotopic (exact) mass is 433 g/mol. The van der Waals surface area contributed by atoms with Crippen molar-refractivity contribution in [3.63, 3.8) is 0 Å². The van der Waals surface area contributed by atoms with Gasteiger partial charge < -0.3 is 5.32 Å². The van der Waals surface area contributed by atoms with Crippen LogP contribution in [0.1, 0.15) is 11.1 Å². The Hall–Kier alpha value is -0.840. The molecule has 0 saturated heterocycles. The summed E-state index contributed by atoms with van der Waals surface area (Å²) >= 11 is 25.8. The highest BCUT2D eigenvalue weighted by Gasteiger charge is 2.05. The molecule has 0 fully saturated rings. The van der Waals surface area contributed by atoms with Gasteiger partial charge in [-0.05, 0) is 41.5 Å². The highest BCUT2D eigenvalue weighted by atomic mass is 35.5. The summed E-state index contributed by atoms with van der Waals surface area (Å²) in [5.41, 5.74) is 1.66. The zero-order chi connectivity index (χ0) is 18.2. The van der Waals surface area contributed by atoms with Gasteiger partial charge in [-0.25, -0.2) is 0 Å². The third-order valence-electron chi connectivity index (χ3n) is 3.23. The maximum Gasteiger partial charge on any atom is 0.244 e. The predicted molar refractivity (Wildman–Crippen MR) is 111 cm³/mol. The molecule has 1 amide bonds. The maximum absolute atomic E-state index is 11.8. The second kappa shape index (κ2) is 10.3. The highest BCUT2D eigenvalue weighted by Crippen LogP contribution is 2.28. The van der Waals surface area contributed by atoms with Gasteiger partial charge in [-0.2, -0.15) is 11.8 Å². The Bertz CT molecular complexity index is 759. The SMILES string of the molecule is O=C(C=Cc1ccc(Cl)cc1Cl)NCCSCc1c(Cl)cccc1Cl. The van der Waals surface area contributed by atoms with Crippen molar-refractivity contribution in [3.8, 4) is 0 Å². The number of halogens is 4. The molecule has 0 saturated carbocycles. The molecule has 0 bridgehead atoms. The van der Waals surface area contributed by atoms with Crippen LogP contribution in [0.5, 0.6) is 0 Å². The molecule has 2 nitrogen and oxygen atoms in total. The molecule has 0 atom stereocenters. The van der Waals surface area contributed by atoms with Crippen LogP contribution in [-0.2, 0) is 10.5 Å². The molecule has 0 heterocycles. The van der Waals surface area contributed by atoms with Gasteiger partial charge in [-0.15, -0.1) is 0 Å². The molecule has 0 aliphatic heterocycles. The molecule has 0 spiro atoms. The molecule has 0 unspecified atom stereocenters. The molecule has 132 valence electrons. The fraction of sp³-hybridized carbons (Fsp3) is 0.167. The number of nitrogens with one attached hydrogen (secondary N) is 1. The van der Waals surface area contributed by atoms with Crippen LogP contribution >= 0.6 is 58.2 Å². The van der Waals surface area contributed by atoms with Crippen molar-refractivity contribution in [2.24, 2.45) is 0 Å². The van der Waals surface area contributed by atoms with Gasteiger partial charge in [-0.3, -0.25) is 4.79 Å². The number of amides is 1. The molecule has 2 aromatic rings. The van der Waals surface area contributed by atoms with Gasteiger partial charge in [0.05, 0.1) is 0 Å². The summed E-state index contributed by atoms with van der Waals surface area (Å²) in [6.07, 6.45) is 3.11. The summed E-state index contributed by atoms with van der Waals surface area (Å²) in [6, 6.07) is 10.6. The second-order valence-corrected chi connectivity index (χ2v) is 7.81. The van der Waals surface area contributed by atoms with E-state index in [1.165, 1.54) is 6.08 Å². The Labute approximate surface area is 171 Å². The van der Waals surface area contributed by atoms with Crippen LogP contribution in [0, 0.1) is 0 Å². The lowest BCUT2D eigenvalue weighted by molar-refractivity contribution is -0.116. The van der Waals surface area contributed by atoms with Gasteiger partial charge in [0, 0.05) is 44.2 Å². The quantitative estimate of drug-likeness (QED) is 0.405. The summed E-state index contributed by atoms with van der Waals surface area (Å²) in [5, 5.41) is 5.20. The van der Waals surface area contributed by atoms with E-state index in [0.29, 0.717) is 32.4 Å². The topological polar surface area (TPSA) is 29.1 Å². The number of carbonyl (C=O) groups is 1. The van der Waals surface area contributed by atoms with Crippen LogP contribution in [0.25, 0.3) is 6.08 Å². The summed E-state index contributed by atoms with van der Waals surface area (Å²) in [6.45, 7) is 0.546. The highest BCUT2D eigenvalue weighted by molar-refractivity contribution is 7.98. The minimum absolute atomic E-state index is 0.178. The van der Waals surface area contributed by atoms with Crippen LogP contribution in [0.15, 0.2) is 42.5 Å². The molecular formula is C18H15Cl4NOS. The van der Waals surface area contributed by atoms with Gasteiger partial charge in [-0.1, -0.05) is 58.5 Å². The number of hydrogen-bond donors (Lipinski definition) is 1. The fourth-order valence-corrected chi connectivity index (χ4v) is 4.02. The second-order valence-electron chi connectivity index (χ2n) is 5.04. The first-order chi connectivity index (χ1) is 12.0. The number of hydrogen-bond acceptors (Lipinski definition) is 2. The van der Waals surface area contributed by atoms with Crippen molar-refractivity contribution in [3.05, 3.63) is 73.7 Å². The van der Waals surface area contributed by atoms with Gasteiger partial charge in [0.2, 0.25) is 5.91 Å². The van der Waals surface area contributed by atoms with Crippen molar-refractivity contribution >= 4 is 70.1 Å². The van der Waals surface area contributed by atoms with Crippen molar-refractivity contribution in [2.45, 2.75) is 5.75 Å². The normalized spacial score (nSPS) is 11.0. The first-order valence-electron chi connectivity index (χ1n) is 7.39. The summed E-state index contributed by atoms with van der Waals surface area (Å²) in [7, 11) is 0. The molecule has 0 aliphatic carbocycles. The minimum atomic E-state index is -0.178. The Morgan fingerprint density at radius 3 is 2.44 bits per heavy atom. The fourth-order valence-electron chi connectivity index (χ4n) is 1.95. The van der Waals surface area contributed by atoms with E-state index < -0.39 is 0 Å². The van der Waals surface area contributed by atoms with Crippen LogP contribution in [0.3, 0.4) is 0 Å². The molecule has 1 N–H and O–H groups in total. The summed E-state index contributed by atoms with van der Waals surface area (Å²) in [4.78, 5) is 11.8. The maximum atomic E-state index is 11.8. The van der Waals surface area contributed by atoms with Crippen molar-refractivity contribution in [2.75, 3.05) is 12.3 Å². The summed E-state index contributed by atoms with van der Waals surface area (Å²) < 4.78 is 0. The van der Waals surface area contributed by atoms with Gasteiger partial charge >= 0.3 is 0 Å². The number of rotatable bonds is 7. The van der Waals surface area contributed by atoms with E-state index in [1.807, 2.05) is 18.2 Å². The lowest BCUT2D eigenvalue weighted by Gasteiger charge is -2.07. The zero-order valence-electron chi connectivity index (χ0n) is 13.1. The Kier molecular flexibility index (Phi) is 8.47. The Morgan fingerprint density at radius 2 is 1.76 bits per heavy atom. The van der Waals surface area contributed by atoms with Gasteiger partial charge in [0.25, 0.3) is 0 Å². The third-order valence-corrected chi connectivity index (χ3v) is 5.49. The van der Waals surface area contributed by atoms with Crippen molar-refractivity contribution < 1.29 is 4.79 Å². The van der Waals surface area contributed by atoms with E-state index in [2.05, 4.69) is 5.32 Å². The number of benzene rings is 2. The lowest BCUT2D eigenvalue weighted by Crippen LogP contribution is -2.23. The molecule has 25 heavy (non-hydrogen) atoms. The molecule has 0 radical (unpaired) electrons. The van der Waals surface area contributed by atoms with E-state index in [4.69, 9.17) is 46.4 Å². The average Bonchev–Trinajstić information content (AvgIpc) is 2.56. The predicted octanol–water partition coefficient (Wildman–Crippen LogP) is 6.36. The first-order valence-corrected chi connectivity index (χ1v) is 10.1. The largest absolute Gasteiger partial charge is 0.352 e. The summed E-state index contributed by atoms with van der Waals surface area (Å²) in [5.74, 6) is 1.27. The van der Waals surface area contributed by atoms with E-state index in [0.717, 1.165) is 16.9 Å². The minimum Gasteiger partial charge on any atom is -0.352 e. The molecule has 2 rings (SSSR count). The number of carbonyl (C=O) groups excluding carboxylic acids is 1. The first kappa shape index (κ1) is 20.5. The number of thioether (sulfide) groups is 1. The molecular weight excluding hydrogens is 420 g/mol. The van der Waals surface area contributed by atoms with Crippen molar-refractivity contribution in [1.82, 2.24) is 5.32 Å². The molecule has 2 aromatic carbocycles. The van der Waals surface area contributed by atoms with Crippen LogP contribution in [0.2, 0.25) is 20.1 Å².